The lowest BCUT2D eigenvalue weighted by Gasteiger charge is -2.11. The summed E-state index contributed by atoms with van der Waals surface area (Å²) in [4.78, 5) is 24.2. The van der Waals surface area contributed by atoms with Crippen LogP contribution in [0.25, 0.3) is 21.7 Å². The molecule has 0 aliphatic rings. The van der Waals surface area contributed by atoms with Gasteiger partial charge in [-0.3, -0.25) is 4.57 Å². The van der Waals surface area contributed by atoms with Crippen LogP contribution in [-0.4, -0.2) is 11.2 Å². The van der Waals surface area contributed by atoms with Gasteiger partial charge in [-0.05, 0) is 36.4 Å². The van der Waals surface area contributed by atoms with Crippen LogP contribution in [0.15, 0.2) is 68.6 Å². The van der Waals surface area contributed by atoms with Crippen LogP contribution in [0.2, 0.25) is 10.0 Å². The molecular weight excluding hydrogens is 413 g/mol. The number of hydrogen-bond acceptors (Lipinski definition) is 4. The van der Waals surface area contributed by atoms with E-state index in [2.05, 4.69) is 0 Å². The smallest absolute Gasteiger partial charge is 0.422 e. The van der Waals surface area contributed by atoms with Gasteiger partial charge in [0.25, 0.3) is 0 Å². The highest BCUT2D eigenvalue weighted by atomic mass is 35.5. The molecular formula is C22H17Cl2NO4. The molecule has 3 aromatic carbocycles. The molecule has 0 fully saturated rings. The maximum atomic E-state index is 12.2. The normalized spacial score (nSPS) is 11.2. The van der Waals surface area contributed by atoms with Crippen molar-refractivity contribution in [1.82, 2.24) is 4.57 Å². The number of rotatable bonds is 6. The summed E-state index contributed by atoms with van der Waals surface area (Å²) in [5, 5.41) is 2.92. The Morgan fingerprint density at radius 1 is 0.931 bits per heavy atom. The summed E-state index contributed by atoms with van der Waals surface area (Å²) in [6.07, 6.45) is 1.36. The Bertz CT molecular complexity index is 1300. The fraction of sp³-hybridized carbons (Fsp3) is 0.182. The minimum atomic E-state index is -0.745. The molecule has 29 heavy (non-hydrogen) atoms. The highest BCUT2D eigenvalue weighted by Gasteiger charge is 2.14. The van der Waals surface area contributed by atoms with Gasteiger partial charge in [-0.1, -0.05) is 59.6 Å². The van der Waals surface area contributed by atoms with E-state index in [-0.39, 0.29) is 10.4 Å². The van der Waals surface area contributed by atoms with Gasteiger partial charge in [-0.15, -0.1) is 0 Å². The molecule has 7 heteroatoms. The van der Waals surface area contributed by atoms with E-state index in [1.807, 2.05) is 42.5 Å². The Labute approximate surface area is 176 Å². The van der Waals surface area contributed by atoms with Crippen LogP contribution in [0, 0.1) is 0 Å². The Kier molecular flexibility index (Phi) is 5.60. The van der Waals surface area contributed by atoms with Gasteiger partial charge in [0.2, 0.25) is 0 Å². The van der Waals surface area contributed by atoms with Gasteiger partial charge < -0.3 is 9.15 Å². The highest BCUT2D eigenvalue weighted by Crippen LogP contribution is 2.26. The van der Waals surface area contributed by atoms with Gasteiger partial charge in [0.15, 0.2) is 0 Å². The summed E-state index contributed by atoms with van der Waals surface area (Å²) in [5.74, 6) is 0.0933. The van der Waals surface area contributed by atoms with Gasteiger partial charge >= 0.3 is 11.4 Å². The third kappa shape index (κ3) is 4.02. The molecule has 4 aromatic rings. The third-order valence-corrected chi connectivity index (χ3v) is 5.21. The zero-order valence-corrected chi connectivity index (χ0v) is 16.9. The molecule has 0 radical (unpaired) electrons. The Morgan fingerprint density at radius 2 is 1.72 bits per heavy atom. The van der Waals surface area contributed by atoms with Crippen LogP contribution in [0.1, 0.15) is 12.8 Å². The number of aryl methyl sites for hydroxylation is 1. The second-order valence-electron chi connectivity index (χ2n) is 6.62. The molecule has 0 N–H and O–H groups in total. The first-order valence-corrected chi connectivity index (χ1v) is 9.93. The first kappa shape index (κ1) is 19.6. The Morgan fingerprint density at radius 3 is 2.59 bits per heavy atom. The fourth-order valence-electron chi connectivity index (χ4n) is 3.36. The van der Waals surface area contributed by atoms with Crippen LogP contribution in [-0.2, 0) is 6.54 Å². The monoisotopic (exact) mass is 429 g/mol. The lowest BCUT2D eigenvalue weighted by molar-refractivity contribution is 0.304. The molecule has 0 aliphatic carbocycles. The van der Waals surface area contributed by atoms with Crippen molar-refractivity contribution in [3.8, 4) is 5.75 Å². The predicted molar refractivity (Wildman–Crippen MR) is 115 cm³/mol. The lowest BCUT2D eigenvalue weighted by Crippen LogP contribution is -2.25. The van der Waals surface area contributed by atoms with Crippen molar-refractivity contribution in [3.63, 3.8) is 0 Å². The molecule has 0 saturated heterocycles. The number of ether oxygens (including phenoxy) is 1. The molecule has 0 atom stereocenters. The number of fused-ring (bicyclic) bond motifs is 2. The zero-order chi connectivity index (χ0) is 20.4. The Balaban J connectivity index is 1.47. The molecule has 0 saturated carbocycles. The van der Waals surface area contributed by atoms with E-state index >= 15 is 0 Å². The molecule has 0 aliphatic heterocycles. The van der Waals surface area contributed by atoms with Crippen molar-refractivity contribution in [3.05, 3.63) is 85.6 Å². The topological polar surface area (TPSA) is 61.4 Å². The van der Waals surface area contributed by atoms with Crippen LogP contribution in [0.5, 0.6) is 5.75 Å². The van der Waals surface area contributed by atoms with Crippen molar-refractivity contribution in [2.45, 2.75) is 19.4 Å². The average molecular weight is 430 g/mol. The van der Waals surface area contributed by atoms with Gasteiger partial charge in [0.1, 0.15) is 5.75 Å². The molecule has 4 rings (SSSR count). The third-order valence-electron chi connectivity index (χ3n) is 4.70. The predicted octanol–water partition coefficient (Wildman–Crippen LogP) is 5.27. The Hall–Kier alpha value is -2.76. The summed E-state index contributed by atoms with van der Waals surface area (Å²) in [6, 6.07) is 16.9. The second-order valence-corrected chi connectivity index (χ2v) is 7.47. The van der Waals surface area contributed by atoms with Crippen LogP contribution < -0.4 is 16.1 Å². The summed E-state index contributed by atoms with van der Waals surface area (Å²) in [6.45, 7) is 0.844. The number of halogens is 2. The summed E-state index contributed by atoms with van der Waals surface area (Å²) < 4.78 is 12.1. The van der Waals surface area contributed by atoms with Gasteiger partial charge in [-0.2, -0.15) is 0 Å². The summed E-state index contributed by atoms with van der Waals surface area (Å²) in [5.41, 5.74) is -0.405. The van der Waals surface area contributed by atoms with E-state index in [1.165, 1.54) is 16.7 Å². The first-order chi connectivity index (χ1) is 14.0. The van der Waals surface area contributed by atoms with E-state index in [1.54, 1.807) is 0 Å². The average Bonchev–Trinajstić information content (AvgIpc) is 2.70. The fourth-order valence-corrected chi connectivity index (χ4v) is 3.95. The minimum absolute atomic E-state index is 0.189. The van der Waals surface area contributed by atoms with E-state index in [0.29, 0.717) is 36.5 Å². The second kappa shape index (κ2) is 8.31. The molecule has 5 nitrogen and oxygen atoms in total. The molecule has 1 heterocycles. The van der Waals surface area contributed by atoms with E-state index in [0.717, 1.165) is 16.5 Å². The van der Waals surface area contributed by atoms with Gasteiger partial charge in [0, 0.05) is 17.0 Å². The maximum Gasteiger partial charge on any atom is 0.422 e. The lowest BCUT2D eigenvalue weighted by atomic mass is 10.1. The van der Waals surface area contributed by atoms with Crippen molar-refractivity contribution in [1.29, 1.82) is 0 Å². The molecule has 0 amide bonds. The minimum Gasteiger partial charge on any atom is -0.493 e. The van der Waals surface area contributed by atoms with Crippen LogP contribution in [0.4, 0.5) is 0 Å². The first-order valence-electron chi connectivity index (χ1n) is 9.18. The molecule has 148 valence electrons. The quantitative estimate of drug-likeness (QED) is 0.391. The van der Waals surface area contributed by atoms with Crippen molar-refractivity contribution in [2.75, 3.05) is 6.61 Å². The number of hydrogen-bond donors (Lipinski definition) is 0. The van der Waals surface area contributed by atoms with Gasteiger partial charge in [-0.25, -0.2) is 9.59 Å². The van der Waals surface area contributed by atoms with E-state index in [4.69, 9.17) is 32.4 Å². The number of nitrogens with zero attached hydrogens (tertiary/aromatic N) is 1. The van der Waals surface area contributed by atoms with Gasteiger partial charge in [0.05, 0.1) is 22.5 Å². The SMILES string of the molecule is O=c1oc(=O)n(CCCCOc2cccc3ccccc23)c2c(Cl)cc(Cl)cc12. The van der Waals surface area contributed by atoms with E-state index in [9.17, 15) is 9.59 Å². The van der Waals surface area contributed by atoms with Crippen molar-refractivity contribution in [2.24, 2.45) is 0 Å². The number of benzene rings is 3. The molecule has 0 spiro atoms. The van der Waals surface area contributed by atoms with Crippen LogP contribution >= 0.6 is 23.2 Å². The molecule has 1 aromatic heterocycles. The maximum absolute atomic E-state index is 12.2. The highest BCUT2D eigenvalue weighted by molar-refractivity contribution is 6.38. The molecule has 0 bridgehead atoms. The molecule has 0 unspecified atom stereocenters. The zero-order valence-electron chi connectivity index (χ0n) is 15.4. The summed E-state index contributed by atoms with van der Waals surface area (Å²) >= 11 is 12.2. The summed E-state index contributed by atoms with van der Waals surface area (Å²) in [7, 11) is 0. The standard InChI is InChI=1S/C22H17Cl2NO4/c23-15-12-17-20(18(24)13-15)25(22(27)29-21(17)26)10-3-4-11-28-19-9-5-7-14-6-1-2-8-16(14)19/h1-2,5-9,12-13H,3-4,10-11H2. The van der Waals surface area contributed by atoms with Crippen molar-refractivity contribution >= 4 is 44.9 Å². The number of aromatic nitrogens is 1. The van der Waals surface area contributed by atoms with Crippen LogP contribution in [0.3, 0.4) is 0 Å². The van der Waals surface area contributed by atoms with Crippen molar-refractivity contribution < 1.29 is 9.15 Å². The largest absolute Gasteiger partial charge is 0.493 e. The van der Waals surface area contributed by atoms with E-state index < -0.39 is 11.4 Å². The number of unbranched alkanes of at least 4 members (excludes halogenated alkanes) is 1.